The normalized spacial score (nSPS) is 10.4. The fourth-order valence-corrected chi connectivity index (χ4v) is 1.76. The minimum absolute atomic E-state index is 0.309. The third kappa shape index (κ3) is 2.50. The van der Waals surface area contributed by atoms with E-state index in [1.54, 1.807) is 6.20 Å². The van der Waals surface area contributed by atoms with Crippen molar-refractivity contribution in [3.8, 4) is 5.82 Å². The molecule has 17 heavy (non-hydrogen) atoms. The van der Waals surface area contributed by atoms with Crippen molar-refractivity contribution in [2.75, 3.05) is 0 Å². The minimum Gasteiger partial charge on any atom is -0.388 e. The number of hydrogen-bond acceptors (Lipinski definition) is 3. The highest BCUT2D eigenvalue weighted by Gasteiger charge is 2.06. The molecule has 0 unspecified atom stereocenters. The molecule has 2 aromatic rings. The third-order valence-corrected chi connectivity index (χ3v) is 2.63. The van der Waals surface area contributed by atoms with E-state index in [1.165, 1.54) is 0 Å². The second-order valence-electron chi connectivity index (χ2n) is 3.71. The highest BCUT2D eigenvalue weighted by atomic mass is 32.1. The lowest BCUT2D eigenvalue weighted by Gasteiger charge is -2.07. The Hall–Kier alpha value is -1.75. The molecule has 0 aliphatic rings. The standard InChI is InChI=1S/C12H14N4S/c1-2-4-10-14-7-8-16(10)11-6-3-5-9(15-11)12(13)17/h3,5-8H,2,4H2,1H3,(H2,13,17). The summed E-state index contributed by atoms with van der Waals surface area (Å²) in [5.41, 5.74) is 6.21. The van der Waals surface area contributed by atoms with Gasteiger partial charge in [-0.15, -0.1) is 0 Å². The number of thiocarbonyl (C=S) groups is 1. The molecule has 4 nitrogen and oxygen atoms in total. The van der Waals surface area contributed by atoms with Crippen LogP contribution in [0.1, 0.15) is 24.9 Å². The number of rotatable bonds is 4. The molecule has 0 aliphatic carbocycles. The van der Waals surface area contributed by atoms with E-state index in [0.717, 1.165) is 24.5 Å². The van der Waals surface area contributed by atoms with E-state index in [0.29, 0.717) is 10.7 Å². The Kier molecular flexibility index (Phi) is 3.49. The van der Waals surface area contributed by atoms with E-state index in [2.05, 4.69) is 16.9 Å². The Morgan fingerprint density at radius 1 is 1.47 bits per heavy atom. The summed E-state index contributed by atoms with van der Waals surface area (Å²) in [5.74, 6) is 1.80. The first-order valence-electron chi connectivity index (χ1n) is 5.52. The summed E-state index contributed by atoms with van der Waals surface area (Å²) >= 11 is 4.93. The topological polar surface area (TPSA) is 56.7 Å². The number of hydrogen-bond donors (Lipinski definition) is 1. The second kappa shape index (κ2) is 5.05. The lowest BCUT2D eigenvalue weighted by molar-refractivity contribution is 0.798. The van der Waals surface area contributed by atoms with Gasteiger partial charge < -0.3 is 5.73 Å². The monoisotopic (exact) mass is 246 g/mol. The van der Waals surface area contributed by atoms with E-state index in [9.17, 15) is 0 Å². The molecule has 0 fully saturated rings. The van der Waals surface area contributed by atoms with Gasteiger partial charge >= 0.3 is 0 Å². The largest absolute Gasteiger partial charge is 0.388 e. The minimum atomic E-state index is 0.309. The van der Waals surface area contributed by atoms with E-state index >= 15 is 0 Å². The van der Waals surface area contributed by atoms with Crippen LogP contribution in [0.25, 0.3) is 5.82 Å². The molecule has 2 heterocycles. The molecule has 0 aromatic carbocycles. The molecule has 5 heteroatoms. The van der Waals surface area contributed by atoms with E-state index in [4.69, 9.17) is 18.0 Å². The number of nitrogens with zero attached hydrogens (tertiary/aromatic N) is 3. The molecule has 2 N–H and O–H groups in total. The zero-order valence-corrected chi connectivity index (χ0v) is 10.4. The van der Waals surface area contributed by atoms with Gasteiger partial charge in [0, 0.05) is 18.8 Å². The lowest BCUT2D eigenvalue weighted by Crippen LogP contribution is -2.13. The maximum absolute atomic E-state index is 5.58. The van der Waals surface area contributed by atoms with Crippen molar-refractivity contribution in [1.82, 2.24) is 14.5 Å². The van der Waals surface area contributed by atoms with Crippen LogP contribution in [0.3, 0.4) is 0 Å². The lowest BCUT2D eigenvalue weighted by atomic mass is 10.3. The van der Waals surface area contributed by atoms with Crippen LogP contribution in [0, 0.1) is 0 Å². The van der Waals surface area contributed by atoms with Gasteiger partial charge in [-0.25, -0.2) is 9.97 Å². The fraction of sp³-hybridized carbons (Fsp3) is 0.250. The number of aryl methyl sites for hydroxylation is 1. The Balaban J connectivity index is 2.42. The summed E-state index contributed by atoms with van der Waals surface area (Å²) in [6.07, 6.45) is 5.65. The van der Waals surface area contributed by atoms with Gasteiger partial charge in [-0.05, 0) is 18.6 Å². The number of aromatic nitrogens is 3. The SMILES string of the molecule is CCCc1nccn1-c1cccc(C(N)=S)n1. The number of imidazole rings is 1. The van der Waals surface area contributed by atoms with E-state index in [1.807, 2.05) is 29.0 Å². The quantitative estimate of drug-likeness (QED) is 0.837. The summed E-state index contributed by atoms with van der Waals surface area (Å²) < 4.78 is 1.96. The molecule has 0 bridgehead atoms. The van der Waals surface area contributed by atoms with Crippen LogP contribution < -0.4 is 5.73 Å². The van der Waals surface area contributed by atoms with Crippen molar-refractivity contribution in [1.29, 1.82) is 0 Å². The maximum Gasteiger partial charge on any atom is 0.138 e. The highest BCUT2D eigenvalue weighted by molar-refractivity contribution is 7.80. The summed E-state index contributed by atoms with van der Waals surface area (Å²) in [5, 5.41) is 0. The summed E-state index contributed by atoms with van der Waals surface area (Å²) in [6, 6.07) is 5.62. The average Bonchev–Trinajstić information content (AvgIpc) is 2.78. The molecule has 0 spiro atoms. The van der Waals surface area contributed by atoms with Gasteiger partial charge in [0.15, 0.2) is 0 Å². The predicted molar refractivity (Wildman–Crippen MR) is 71.2 cm³/mol. The summed E-state index contributed by atoms with van der Waals surface area (Å²) in [4.78, 5) is 9.04. The van der Waals surface area contributed by atoms with E-state index in [-0.39, 0.29) is 0 Å². The van der Waals surface area contributed by atoms with Gasteiger partial charge in [0.25, 0.3) is 0 Å². The summed E-state index contributed by atoms with van der Waals surface area (Å²) in [6.45, 7) is 2.12. The van der Waals surface area contributed by atoms with Crippen molar-refractivity contribution in [2.45, 2.75) is 19.8 Å². The van der Waals surface area contributed by atoms with Crippen LogP contribution in [0.4, 0.5) is 0 Å². The molecule has 0 amide bonds. The molecule has 2 rings (SSSR count). The van der Waals surface area contributed by atoms with Gasteiger partial charge in [0.05, 0.1) is 5.69 Å². The molecule has 0 saturated heterocycles. The van der Waals surface area contributed by atoms with Gasteiger partial charge in [0.2, 0.25) is 0 Å². The van der Waals surface area contributed by atoms with Crippen LogP contribution in [0.5, 0.6) is 0 Å². The van der Waals surface area contributed by atoms with Crippen molar-refractivity contribution < 1.29 is 0 Å². The number of pyridine rings is 1. The Morgan fingerprint density at radius 3 is 3.00 bits per heavy atom. The van der Waals surface area contributed by atoms with Gasteiger partial charge in [0.1, 0.15) is 16.6 Å². The Morgan fingerprint density at radius 2 is 2.29 bits per heavy atom. The highest BCUT2D eigenvalue weighted by Crippen LogP contribution is 2.10. The molecule has 0 aliphatic heterocycles. The van der Waals surface area contributed by atoms with Crippen molar-refractivity contribution in [3.05, 3.63) is 42.1 Å². The first-order valence-corrected chi connectivity index (χ1v) is 5.92. The van der Waals surface area contributed by atoms with Crippen molar-refractivity contribution in [3.63, 3.8) is 0 Å². The molecule has 88 valence electrons. The predicted octanol–water partition coefficient (Wildman–Crippen LogP) is 1.85. The summed E-state index contributed by atoms with van der Waals surface area (Å²) in [7, 11) is 0. The van der Waals surface area contributed by atoms with Gasteiger partial charge in [-0.1, -0.05) is 25.2 Å². The van der Waals surface area contributed by atoms with E-state index < -0.39 is 0 Å². The molecule has 0 radical (unpaired) electrons. The smallest absolute Gasteiger partial charge is 0.138 e. The molecule has 2 aromatic heterocycles. The van der Waals surface area contributed by atoms with Crippen LogP contribution in [-0.4, -0.2) is 19.5 Å². The molecule has 0 atom stereocenters. The van der Waals surface area contributed by atoms with Crippen LogP contribution in [0.2, 0.25) is 0 Å². The van der Waals surface area contributed by atoms with Crippen LogP contribution in [0.15, 0.2) is 30.6 Å². The third-order valence-electron chi connectivity index (χ3n) is 2.42. The number of nitrogens with two attached hydrogens (primary N) is 1. The van der Waals surface area contributed by atoms with Gasteiger partial charge in [-0.3, -0.25) is 4.57 Å². The van der Waals surface area contributed by atoms with Crippen LogP contribution >= 0.6 is 12.2 Å². The van der Waals surface area contributed by atoms with Crippen molar-refractivity contribution >= 4 is 17.2 Å². The molecular formula is C12H14N4S. The average molecular weight is 246 g/mol. The maximum atomic E-state index is 5.58. The zero-order chi connectivity index (χ0) is 12.3. The fourth-order valence-electron chi connectivity index (χ4n) is 1.65. The Bertz CT molecular complexity index is 533. The van der Waals surface area contributed by atoms with Crippen molar-refractivity contribution in [2.24, 2.45) is 5.73 Å². The molecular weight excluding hydrogens is 232 g/mol. The zero-order valence-electron chi connectivity index (χ0n) is 9.63. The first-order chi connectivity index (χ1) is 8.22. The van der Waals surface area contributed by atoms with Gasteiger partial charge in [-0.2, -0.15) is 0 Å². The van der Waals surface area contributed by atoms with Crippen LogP contribution in [-0.2, 0) is 6.42 Å². The Labute approximate surface area is 106 Å². The second-order valence-corrected chi connectivity index (χ2v) is 4.15. The molecule has 0 saturated carbocycles. The first kappa shape index (κ1) is 11.7.